The number of rotatable bonds is 7. The van der Waals surface area contributed by atoms with Crippen molar-refractivity contribution in [3.05, 3.63) is 89.8 Å². The summed E-state index contributed by atoms with van der Waals surface area (Å²) in [5.74, 6) is 1.78. The lowest BCUT2D eigenvalue weighted by atomic mass is 10.0. The first kappa shape index (κ1) is 17.0. The van der Waals surface area contributed by atoms with Crippen molar-refractivity contribution in [3.8, 4) is 5.75 Å². The Balaban J connectivity index is 1.23. The highest BCUT2D eigenvalue weighted by molar-refractivity contribution is 5.34. The molecule has 0 heterocycles. The molecule has 1 saturated carbocycles. The zero-order valence-electron chi connectivity index (χ0n) is 14.8. The van der Waals surface area contributed by atoms with Crippen molar-refractivity contribution in [2.24, 2.45) is 5.92 Å². The maximum Gasteiger partial charge on any atom is 0.119 e. The molecule has 2 nitrogen and oxygen atoms in total. The third-order valence-corrected chi connectivity index (χ3v) is 5.13. The van der Waals surface area contributed by atoms with Gasteiger partial charge in [-0.2, -0.15) is 0 Å². The standard InChI is InChI=1S/C23H24FNO/c24-20-10-6-17(7-11-20)15-25-23-14-22(23)19-8-12-21(13-9-19)26-16-18-4-2-1-3-5-18/h1-6,8-13,17,22-23,25H,7,14-16H2. The van der Waals surface area contributed by atoms with E-state index in [0.29, 0.717) is 24.5 Å². The quantitative estimate of drug-likeness (QED) is 0.747. The van der Waals surface area contributed by atoms with Crippen LogP contribution in [0.15, 0.2) is 78.7 Å². The van der Waals surface area contributed by atoms with Crippen LogP contribution in [-0.4, -0.2) is 12.6 Å². The van der Waals surface area contributed by atoms with Gasteiger partial charge in [0.1, 0.15) is 18.2 Å². The van der Waals surface area contributed by atoms with E-state index < -0.39 is 0 Å². The summed E-state index contributed by atoms with van der Waals surface area (Å²) in [7, 11) is 0. The number of halogens is 1. The van der Waals surface area contributed by atoms with Gasteiger partial charge in [-0.1, -0.05) is 48.5 Å². The molecule has 0 radical (unpaired) electrons. The van der Waals surface area contributed by atoms with Crippen molar-refractivity contribution < 1.29 is 9.13 Å². The summed E-state index contributed by atoms with van der Waals surface area (Å²) in [5.41, 5.74) is 2.54. The number of nitrogens with one attached hydrogen (secondary N) is 1. The highest BCUT2D eigenvalue weighted by Gasteiger charge is 2.38. The SMILES string of the molecule is FC1=CCC(CNC2CC2c2ccc(OCc3ccccc3)cc2)C=C1. The zero-order valence-corrected chi connectivity index (χ0v) is 14.8. The van der Waals surface area contributed by atoms with Crippen molar-refractivity contribution in [2.75, 3.05) is 6.54 Å². The highest BCUT2D eigenvalue weighted by Crippen LogP contribution is 2.41. The molecule has 1 fully saturated rings. The lowest BCUT2D eigenvalue weighted by Gasteiger charge is -2.14. The second-order valence-electron chi connectivity index (χ2n) is 7.14. The second-order valence-corrected chi connectivity index (χ2v) is 7.14. The summed E-state index contributed by atoms with van der Waals surface area (Å²) in [4.78, 5) is 0. The van der Waals surface area contributed by atoms with Gasteiger partial charge in [-0.3, -0.25) is 0 Å². The van der Waals surface area contributed by atoms with Gasteiger partial charge in [0.2, 0.25) is 0 Å². The Morgan fingerprint density at radius 3 is 2.58 bits per heavy atom. The molecule has 2 aromatic rings. The molecule has 3 heteroatoms. The van der Waals surface area contributed by atoms with Crippen LogP contribution in [0.5, 0.6) is 5.75 Å². The molecule has 2 aliphatic carbocycles. The Morgan fingerprint density at radius 2 is 1.85 bits per heavy atom. The minimum Gasteiger partial charge on any atom is -0.489 e. The zero-order chi connectivity index (χ0) is 17.8. The predicted molar refractivity (Wildman–Crippen MR) is 103 cm³/mol. The van der Waals surface area contributed by atoms with E-state index in [1.807, 2.05) is 24.3 Å². The normalized spacial score (nSPS) is 24.2. The molecule has 0 bridgehead atoms. The molecule has 3 atom stereocenters. The third-order valence-electron chi connectivity index (χ3n) is 5.13. The van der Waals surface area contributed by atoms with Gasteiger partial charge in [0.05, 0.1) is 0 Å². The second kappa shape index (κ2) is 7.88. The minimum atomic E-state index is -0.111. The lowest BCUT2D eigenvalue weighted by Crippen LogP contribution is -2.25. The monoisotopic (exact) mass is 349 g/mol. The Kier molecular flexibility index (Phi) is 5.16. The van der Waals surface area contributed by atoms with E-state index in [1.54, 1.807) is 12.2 Å². The minimum absolute atomic E-state index is 0.111. The molecule has 0 spiro atoms. The number of allylic oxidation sites excluding steroid dienone is 3. The van der Waals surface area contributed by atoms with Crippen molar-refractivity contribution >= 4 is 0 Å². The largest absolute Gasteiger partial charge is 0.489 e. The van der Waals surface area contributed by atoms with Gasteiger partial charge >= 0.3 is 0 Å². The Labute approximate surface area is 154 Å². The molecule has 4 rings (SSSR count). The summed E-state index contributed by atoms with van der Waals surface area (Å²) in [6, 6.07) is 19.2. The van der Waals surface area contributed by atoms with Crippen molar-refractivity contribution in [1.82, 2.24) is 5.32 Å². The molecule has 0 saturated heterocycles. The van der Waals surface area contributed by atoms with E-state index in [4.69, 9.17) is 4.74 Å². The number of benzene rings is 2. The van der Waals surface area contributed by atoms with Crippen molar-refractivity contribution in [1.29, 1.82) is 0 Å². The third kappa shape index (κ3) is 4.41. The molecular formula is C23H24FNO. The van der Waals surface area contributed by atoms with Crippen LogP contribution in [0.2, 0.25) is 0 Å². The van der Waals surface area contributed by atoms with Gasteiger partial charge < -0.3 is 10.1 Å². The number of hydrogen-bond donors (Lipinski definition) is 1. The van der Waals surface area contributed by atoms with E-state index in [-0.39, 0.29) is 5.83 Å². The molecular weight excluding hydrogens is 325 g/mol. The topological polar surface area (TPSA) is 21.3 Å². The smallest absolute Gasteiger partial charge is 0.119 e. The van der Waals surface area contributed by atoms with Gasteiger partial charge in [-0.05, 0) is 54.2 Å². The fourth-order valence-electron chi connectivity index (χ4n) is 3.43. The van der Waals surface area contributed by atoms with E-state index in [9.17, 15) is 4.39 Å². The van der Waals surface area contributed by atoms with Gasteiger partial charge in [0, 0.05) is 18.5 Å². The van der Waals surface area contributed by atoms with Gasteiger partial charge in [0.25, 0.3) is 0 Å². The molecule has 26 heavy (non-hydrogen) atoms. The van der Waals surface area contributed by atoms with E-state index >= 15 is 0 Å². The van der Waals surface area contributed by atoms with Crippen LogP contribution in [0.3, 0.4) is 0 Å². The molecule has 0 aromatic heterocycles. The van der Waals surface area contributed by atoms with Crippen LogP contribution in [0.1, 0.15) is 29.9 Å². The first-order chi connectivity index (χ1) is 12.8. The van der Waals surface area contributed by atoms with Gasteiger partial charge in [0.15, 0.2) is 0 Å². The summed E-state index contributed by atoms with van der Waals surface area (Å²) in [5, 5.41) is 3.62. The Morgan fingerprint density at radius 1 is 1.04 bits per heavy atom. The first-order valence-electron chi connectivity index (χ1n) is 9.32. The maximum atomic E-state index is 13.0. The molecule has 3 unspecified atom stereocenters. The summed E-state index contributed by atoms with van der Waals surface area (Å²) in [6.07, 6.45) is 7.18. The molecule has 134 valence electrons. The van der Waals surface area contributed by atoms with Crippen LogP contribution in [0.25, 0.3) is 0 Å². The highest BCUT2D eigenvalue weighted by atomic mass is 19.1. The van der Waals surface area contributed by atoms with Crippen molar-refractivity contribution in [2.45, 2.75) is 31.4 Å². The molecule has 0 aliphatic heterocycles. The Bertz CT molecular complexity index is 782. The summed E-state index contributed by atoms with van der Waals surface area (Å²) in [6.45, 7) is 1.51. The summed E-state index contributed by atoms with van der Waals surface area (Å²) < 4.78 is 18.8. The predicted octanol–water partition coefficient (Wildman–Crippen LogP) is 5.14. The van der Waals surface area contributed by atoms with Crippen LogP contribution in [0, 0.1) is 5.92 Å². The first-order valence-corrected chi connectivity index (χ1v) is 9.32. The molecule has 2 aliphatic rings. The Hall–Kier alpha value is -2.39. The fourth-order valence-corrected chi connectivity index (χ4v) is 3.43. The van der Waals surface area contributed by atoms with Crippen LogP contribution >= 0.6 is 0 Å². The fraction of sp³-hybridized carbons (Fsp3) is 0.304. The van der Waals surface area contributed by atoms with E-state index in [0.717, 1.165) is 18.7 Å². The van der Waals surface area contributed by atoms with Crippen LogP contribution in [-0.2, 0) is 6.61 Å². The number of hydrogen-bond acceptors (Lipinski definition) is 2. The number of ether oxygens (including phenoxy) is 1. The van der Waals surface area contributed by atoms with Crippen LogP contribution < -0.4 is 10.1 Å². The molecule has 0 amide bonds. The average Bonchev–Trinajstić information content (AvgIpc) is 3.47. The van der Waals surface area contributed by atoms with Gasteiger partial charge in [-0.25, -0.2) is 4.39 Å². The lowest BCUT2D eigenvalue weighted by molar-refractivity contribution is 0.306. The molecule has 1 N–H and O–H groups in total. The molecule has 2 aromatic carbocycles. The van der Waals surface area contributed by atoms with Crippen molar-refractivity contribution in [3.63, 3.8) is 0 Å². The maximum absolute atomic E-state index is 13.0. The van der Waals surface area contributed by atoms with E-state index in [1.165, 1.54) is 17.5 Å². The average molecular weight is 349 g/mol. The van der Waals surface area contributed by atoms with Crippen LogP contribution in [0.4, 0.5) is 4.39 Å². The van der Waals surface area contributed by atoms with E-state index in [2.05, 4.69) is 41.7 Å². The van der Waals surface area contributed by atoms with Gasteiger partial charge in [-0.15, -0.1) is 0 Å². The summed E-state index contributed by atoms with van der Waals surface area (Å²) >= 11 is 0.